The molecule has 3 heterocycles. The summed E-state index contributed by atoms with van der Waals surface area (Å²) >= 11 is 0. The van der Waals surface area contributed by atoms with E-state index >= 15 is 0 Å². The van der Waals surface area contributed by atoms with E-state index in [1.54, 1.807) is 49.2 Å². The standard InChI is InChI=1S/C26H30N6O5S/c1-16-10-11-21(35-4)20(12-16)32-22(30-31-26(32)19-8-7-9-23(29-19)36-5)15-38(33,34)18(3)24(37-6)25-27-13-17(2)14-28-25/h7-14,18,24H,15H2,1-6H3/t18-,24-/m0/s1. The molecule has 1 aromatic carbocycles. The molecular formula is C26H30N6O5S. The van der Waals surface area contributed by atoms with Gasteiger partial charge in [-0.25, -0.2) is 23.4 Å². The molecule has 12 heteroatoms. The Balaban J connectivity index is 1.82. The zero-order chi connectivity index (χ0) is 27.4. The molecule has 0 fully saturated rings. The lowest BCUT2D eigenvalue weighted by Crippen LogP contribution is -2.30. The monoisotopic (exact) mass is 538 g/mol. The maximum atomic E-state index is 13.7. The maximum absolute atomic E-state index is 13.7. The number of hydrogen-bond acceptors (Lipinski definition) is 10. The van der Waals surface area contributed by atoms with Crippen molar-refractivity contribution in [1.82, 2.24) is 29.7 Å². The smallest absolute Gasteiger partial charge is 0.213 e. The van der Waals surface area contributed by atoms with Crippen LogP contribution in [0.15, 0.2) is 48.8 Å². The summed E-state index contributed by atoms with van der Waals surface area (Å²) in [4.78, 5) is 13.0. The minimum atomic E-state index is -3.84. The van der Waals surface area contributed by atoms with Crippen molar-refractivity contribution in [3.63, 3.8) is 0 Å². The zero-order valence-corrected chi connectivity index (χ0v) is 22.9. The van der Waals surface area contributed by atoms with Gasteiger partial charge in [0.25, 0.3) is 0 Å². The van der Waals surface area contributed by atoms with Crippen LogP contribution in [0.1, 0.15) is 35.8 Å². The maximum Gasteiger partial charge on any atom is 0.213 e. The van der Waals surface area contributed by atoms with Gasteiger partial charge in [-0.05, 0) is 50.1 Å². The molecule has 200 valence electrons. The van der Waals surface area contributed by atoms with Crippen molar-refractivity contribution in [2.24, 2.45) is 0 Å². The summed E-state index contributed by atoms with van der Waals surface area (Å²) in [5, 5.41) is 7.66. The van der Waals surface area contributed by atoms with Crippen LogP contribution in [-0.2, 0) is 20.3 Å². The molecule has 4 aromatic rings. The second kappa shape index (κ2) is 11.2. The number of aryl methyl sites for hydroxylation is 2. The molecule has 0 amide bonds. The Bertz CT molecular complexity index is 1520. The fourth-order valence-electron chi connectivity index (χ4n) is 4.01. The Morgan fingerprint density at radius 3 is 2.34 bits per heavy atom. The molecule has 0 unspecified atom stereocenters. The van der Waals surface area contributed by atoms with Crippen molar-refractivity contribution in [3.8, 4) is 28.8 Å². The molecule has 0 saturated carbocycles. The highest BCUT2D eigenvalue weighted by atomic mass is 32.2. The molecular weight excluding hydrogens is 508 g/mol. The first-order valence-electron chi connectivity index (χ1n) is 11.8. The number of methoxy groups -OCH3 is 3. The number of sulfone groups is 1. The predicted molar refractivity (Wildman–Crippen MR) is 141 cm³/mol. The van der Waals surface area contributed by atoms with Gasteiger partial charge >= 0.3 is 0 Å². The number of hydrogen-bond donors (Lipinski definition) is 0. The lowest BCUT2D eigenvalue weighted by molar-refractivity contribution is 0.0947. The largest absolute Gasteiger partial charge is 0.495 e. The average Bonchev–Trinajstić information content (AvgIpc) is 3.32. The summed E-state index contributed by atoms with van der Waals surface area (Å²) in [6.07, 6.45) is 2.38. The minimum absolute atomic E-state index is 0.194. The SMILES string of the molecule is COc1cccc(-c2nnc(CS(=O)(=O)[C@@H](C)[C@H](OC)c3ncc(C)cn3)n2-c2cc(C)ccc2OC)n1. The van der Waals surface area contributed by atoms with E-state index in [-0.39, 0.29) is 11.6 Å². The second-order valence-electron chi connectivity index (χ2n) is 8.80. The highest BCUT2D eigenvalue weighted by Gasteiger charge is 2.35. The van der Waals surface area contributed by atoms with Crippen LogP contribution in [0.5, 0.6) is 11.6 Å². The van der Waals surface area contributed by atoms with E-state index in [1.807, 2.05) is 32.0 Å². The highest BCUT2D eigenvalue weighted by Crippen LogP contribution is 2.32. The first kappa shape index (κ1) is 27.1. The summed E-state index contributed by atoms with van der Waals surface area (Å²) in [7, 11) is 0.663. The number of rotatable bonds is 10. The fourth-order valence-corrected chi connectivity index (χ4v) is 5.43. The second-order valence-corrected chi connectivity index (χ2v) is 11.2. The summed E-state index contributed by atoms with van der Waals surface area (Å²) < 4.78 is 45.5. The van der Waals surface area contributed by atoms with Crippen LogP contribution in [0, 0.1) is 13.8 Å². The van der Waals surface area contributed by atoms with Crippen molar-refractivity contribution in [2.45, 2.75) is 37.9 Å². The number of aromatic nitrogens is 6. The van der Waals surface area contributed by atoms with Gasteiger partial charge in [-0.3, -0.25) is 4.57 Å². The molecule has 0 N–H and O–H groups in total. The third kappa shape index (κ3) is 5.50. The molecule has 3 aromatic heterocycles. The van der Waals surface area contributed by atoms with Crippen molar-refractivity contribution >= 4 is 9.84 Å². The van der Waals surface area contributed by atoms with Gasteiger partial charge in [0.1, 0.15) is 23.3 Å². The zero-order valence-electron chi connectivity index (χ0n) is 22.1. The van der Waals surface area contributed by atoms with E-state index in [2.05, 4.69) is 25.1 Å². The Morgan fingerprint density at radius 2 is 1.68 bits per heavy atom. The highest BCUT2D eigenvalue weighted by molar-refractivity contribution is 7.91. The third-order valence-corrected chi connectivity index (χ3v) is 8.14. The first-order chi connectivity index (χ1) is 18.2. The number of pyridine rings is 1. The van der Waals surface area contributed by atoms with Gasteiger partial charge in [0.2, 0.25) is 5.88 Å². The first-order valence-corrected chi connectivity index (χ1v) is 13.5. The minimum Gasteiger partial charge on any atom is -0.495 e. The van der Waals surface area contributed by atoms with Gasteiger partial charge in [-0.1, -0.05) is 12.1 Å². The molecule has 0 radical (unpaired) electrons. The molecule has 4 rings (SSSR count). The van der Waals surface area contributed by atoms with Crippen LogP contribution in [0.4, 0.5) is 0 Å². The van der Waals surface area contributed by atoms with Crippen LogP contribution in [0.25, 0.3) is 17.2 Å². The van der Waals surface area contributed by atoms with E-state index in [0.717, 1.165) is 11.1 Å². The summed E-state index contributed by atoms with van der Waals surface area (Å²) in [6.45, 7) is 5.36. The van der Waals surface area contributed by atoms with Crippen molar-refractivity contribution in [1.29, 1.82) is 0 Å². The van der Waals surface area contributed by atoms with Crippen molar-refractivity contribution in [2.75, 3.05) is 21.3 Å². The lowest BCUT2D eigenvalue weighted by atomic mass is 10.2. The van der Waals surface area contributed by atoms with Crippen molar-refractivity contribution < 1.29 is 22.6 Å². The van der Waals surface area contributed by atoms with Gasteiger partial charge in [-0.2, -0.15) is 0 Å². The van der Waals surface area contributed by atoms with Gasteiger partial charge in [0, 0.05) is 25.6 Å². The van der Waals surface area contributed by atoms with E-state index in [1.165, 1.54) is 14.2 Å². The third-order valence-electron chi connectivity index (χ3n) is 6.10. The van der Waals surface area contributed by atoms with E-state index in [4.69, 9.17) is 14.2 Å². The summed E-state index contributed by atoms with van der Waals surface area (Å²) in [5.41, 5.74) is 2.84. The number of ether oxygens (including phenoxy) is 3. The Kier molecular flexibility index (Phi) is 8.02. The molecule has 0 bridgehead atoms. The summed E-state index contributed by atoms with van der Waals surface area (Å²) in [6, 6.07) is 10.8. The van der Waals surface area contributed by atoms with Gasteiger partial charge in [0.15, 0.2) is 27.3 Å². The van der Waals surface area contributed by atoms with E-state index in [9.17, 15) is 8.42 Å². The van der Waals surface area contributed by atoms with Gasteiger partial charge < -0.3 is 14.2 Å². The van der Waals surface area contributed by atoms with Crippen molar-refractivity contribution in [3.05, 3.63) is 71.6 Å². The quantitative estimate of drug-likeness (QED) is 0.296. The van der Waals surface area contributed by atoms with Crippen LogP contribution in [0.2, 0.25) is 0 Å². The molecule has 0 aliphatic heterocycles. The number of benzene rings is 1. The average molecular weight is 539 g/mol. The molecule has 0 saturated heterocycles. The lowest BCUT2D eigenvalue weighted by Gasteiger charge is -2.22. The normalized spacial score (nSPS) is 13.2. The van der Waals surface area contributed by atoms with Crippen LogP contribution in [0.3, 0.4) is 0 Å². The molecule has 0 spiro atoms. The number of nitrogens with zero attached hydrogens (tertiary/aromatic N) is 6. The Morgan fingerprint density at radius 1 is 0.947 bits per heavy atom. The van der Waals surface area contributed by atoms with E-state index in [0.29, 0.717) is 28.8 Å². The van der Waals surface area contributed by atoms with Crippen LogP contribution in [-0.4, -0.2) is 64.7 Å². The Labute approximate surface area is 221 Å². The molecule has 0 aliphatic carbocycles. The fraction of sp³-hybridized carbons (Fsp3) is 0.346. The molecule has 0 aliphatic rings. The predicted octanol–water partition coefficient (Wildman–Crippen LogP) is 3.44. The summed E-state index contributed by atoms with van der Waals surface area (Å²) in [5.74, 6) is 1.31. The Hall–Kier alpha value is -3.90. The van der Waals surface area contributed by atoms with Gasteiger partial charge in [0.05, 0.1) is 25.2 Å². The molecule has 11 nitrogen and oxygen atoms in total. The van der Waals surface area contributed by atoms with E-state index < -0.39 is 26.9 Å². The topological polar surface area (TPSA) is 131 Å². The molecule has 38 heavy (non-hydrogen) atoms. The van der Waals surface area contributed by atoms with Crippen LogP contribution >= 0.6 is 0 Å². The van der Waals surface area contributed by atoms with Gasteiger partial charge in [-0.15, -0.1) is 10.2 Å². The van der Waals surface area contributed by atoms with Crippen LogP contribution < -0.4 is 9.47 Å². The molecule has 2 atom stereocenters.